The molecule has 4 rings (SSSR count). The van der Waals surface area contributed by atoms with E-state index >= 15 is 0 Å². The zero-order chi connectivity index (χ0) is 25.7. The summed E-state index contributed by atoms with van der Waals surface area (Å²) in [6.07, 6.45) is 0.233. The molecule has 0 spiro atoms. The fourth-order valence-electron chi connectivity index (χ4n) is 3.32. The molecule has 9 heteroatoms. The van der Waals surface area contributed by atoms with Crippen LogP contribution in [-0.4, -0.2) is 40.0 Å². The van der Waals surface area contributed by atoms with E-state index in [0.29, 0.717) is 29.0 Å². The molecule has 0 fully saturated rings. The number of methoxy groups -OCH3 is 1. The van der Waals surface area contributed by atoms with Crippen LogP contribution in [0, 0.1) is 6.92 Å². The topological polar surface area (TPSA) is 121 Å². The number of carboxylic acids is 1. The molecule has 9 nitrogen and oxygen atoms in total. The normalized spacial score (nSPS) is 11.5. The lowest BCUT2D eigenvalue weighted by Crippen LogP contribution is -2.24. The Morgan fingerprint density at radius 3 is 2.53 bits per heavy atom. The van der Waals surface area contributed by atoms with E-state index in [-0.39, 0.29) is 29.3 Å². The molecule has 0 amide bonds. The van der Waals surface area contributed by atoms with Gasteiger partial charge in [0.1, 0.15) is 29.6 Å². The van der Waals surface area contributed by atoms with Crippen molar-refractivity contribution in [3.05, 3.63) is 89.4 Å². The van der Waals surface area contributed by atoms with Gasteiger partial charge in [0.2, 0.25) is 11.8 Å². The summed E-state index contributed by atoms with van der Waals surface area (Å²) < 4.78 is 22.1. The highest BCUT2D eigenvalue weighted by atomic mass is 16.5. The highest BCUT2D eigenvalue weighted by molar-refractivity contribution is 6.10. The van der Waals surface area contributed by atoms with Crippen LogP contribution in [0.3, 0.4) is 0 Å². The van der Waals surface area contributed by atoms with Gasteiger partial charge in [0.15, 0.2) is 11.9 Å². The summed E-state index contributed by atoms with van der Waals surface area (Å²) in [5.74, 6) is 0.450. The van der Waals surface area contributed by atoms with Crippen LogP contribution in [0.2, 0.25) is 0 Å². The third-order valence-electron chi connectivity index (χ3n) is 5.35. The van der Waals surface area contributed by atoms with Gasteiger partial charge in [-0.2, -0.15) is 0 Å². The molecular formula is C27H24N2O7. The number of hydrogen-bond donors (Lipinski definition) is 1. The zero-order valence-corrected chi connectivity index (χ0v) is 19.9. The van der Waals surface area contributed by atoms with E-state index in [4.69, 9.17) is 18.6 Å². The summed E-state index contributed by atoms with van der Waals surface area (Å²) in [6, 6.07) is 17.3. The van der Waals surface area contributed by atoms with Crippen LogP contribution in [0.5, 0.6) is 17.4 Å². The van der Waals surface area contributed by atoms with Crippen LogP contribution >= 0.6 is 0 Å². The van der Waals surface area contributed by atoms with Gasteiger partial charge >= 0.3 is 5.97 Å². The van der Waals surface area contributed by atoms with E-state index in [1.165, 1.54) is 32.4 Å². The van der Waals surface area contributed by atoms with Crippen LogP contribution < -0.4 is 14.2 Å². The molecule has 1 unspecified atom stereocenters. The molecule has 0 radical (unpaired) electrons. The predicted octanol–water partition coefficient (Wildman–Crippen LogP) is 4.72. The molecule has 2 heterocycles. The van der Waals surface area contributed by atoms with Crippen molar-refractivity contribution >= 4 is 11.8 Å². The molecule has 2 aromatic heterocycles. The lowest BCUT2D eigenvalue weighted by atomic mass is 10.0. The van der Waals surface area contributed by atoms with E-state index < -0.39 is 12.1 Å². The molecule has 0 aliphatic carbocycles. The Morgan fingerprint density at radius 1 is 1.08 bits per heavy atom. The van der Waals surface area contributed by atoms with E-state index in [1.807, 2.05) is 37.3 Å². The lowest BCUT2D eigenvalue weighted by Gasteiger charge is -2.15. The molecule has 0 aliphatic rings. The Kier molecular flexibility index (Phi) is 7.29. The van der Waals surface area contributed by atoms with Crippen LogP contribution in [0.15, 0.2) is 71.3 Å². The Morgan fingerprint density at radius 2 is 1.86 bits per heavy atom. The van der Waals surface area contributed by atoms with Crippen molar-refractivity contribution in [2.24, 2.45) is 0 Å². The van der Waals surface area contributed by atoms with Gasteiger partial charge in [0.05, 0.1) is 12.7 Å². The maximum Gasteiger partial charge on any atom is 0.344 e. The Bertz CT molecular complexity index is 1360. The van der Waals surface area contributed by atoms with Gasteiger partial charge in [-0.15, -0.1) is 0 Å². The first-order valence-electron chi connectivity index (χ1n) is 11.1. The molecule has 36 heavy (non-hydrogen) atoms. The first-order valence-corrected chi connectivity index (χ1v) is 11.1. The molecule has 1 atom stereocenters. The molecule has 1 N–H and O–H groups in total. The first kappa shape index (κ1) is 24.5. The standard InChI is InChI=1S/C27H24N2O7/c1-16-22(29-26(36-16)18-7-5-4-6-8-18)15-34-24-12-9-19(14-28-24)25(30)21-11-10-20(33-3)13-23(21)35-17(2)27(31)32/h4-14,17H,15H2,1-3H3,(H,31,32). The minimum Gasteiger partial charge on any atom is -0.497 e. The number of rotatable bonds is 10. The summed E-state index contributed by atoms with van der Waals surface area (Å²) in [7, 11) is 1.47. The van der Waals surface area contributed by atoms with E-state index in [2.05, 4.69) is 9.97 Å². The fraction of sp³-hybridized carbons (Fsp3) is 0.185. The SMILES string of the molecule is COc1ccc(C(=O)c2ccc(OCc3nc(-c4ccccc4)oc3C)nc2)c(OC(C)C(=O)O)c1. The maximum absolute atomic E-state index is 13.1. The number of benzene rings is 2. The number of carbonyl (C=O) groups is 2. The summed E-state index contributed by atoms with van der Waals surface area (Å²) in [5.41, 5.74) is 1.98. The lowest BCUT2D eigenvalue weighted by molar-refractivity contribution is -0.144. The highest BCUT2D eigenvalue weighted by Gasteiger charge is 2.21. The monoisotopic (exact) mass is 488 g/mol. The van der Waals surface area contributed by atoms with E-state index in [1.54, 1.807) is 18.2 Å². The number of aliphatic carboxylic acids is 1. The van der Waals surface area contributed by atoms with Gasteiger partial charge in [-0.1, -0.05) is 18.2 Å². The summed E-state index contributed by atoms with van der Waals surface area (Å²) >= 11 is 0. The number of carboxylic acid groups (broad SMARTS) is 1. The quantitative estimate of drug-likeness (QED) is 0.316. The molecule has 0 aliphatic heterocycles. The molecule has 0 saturated heterocycles. The van der Waals surface area contributed by atoms with Gasteiger partial charge < -0.3 is 23.7 Å². The largest absolute Gasteiger partial charge is 0.497 e. The van der Waals surface area contributed by atoms with Crippen LogP contribution in [0.1, 0.15) is 34.3 Å². The highest BCUT2D eigenvalue weighted by Crippen LogP contribution is 2.28. The van der Waals surface area contributed by atoms with Gasteiger partial charge in [-0.05, 0) is 44.2 Å². The number of ether oxygens (including phenoxy) is 3. The molecule has 184 valence electrons. The van der Waals surface area contributed by atoms with Gasteiger partial charge in [0, 0.05) is 29.5 Å². The van der Waals surface area contributed by atoms with Crippen molar-refractivity contribution in [3.63, 3.8) is 0 Å². The predicted molar refractivity (Wildman–Crippen MR) is 129 cm³/mol. The van der Waals surface area contributed by atoms with Crippen molar-refractivity contribution < 1.29 is 33.3 Å². The molecule has 0 bridgehead atoms. The number of ketones is 1. The van der Waals surface area contributed by atoms with Crippen LogP contribution in [0.25, 0.3) is 11.5 Å². The van der Waals surface area contributed by atoms with Crippen molar-refractivity contribution in [1.29, 1.82) is 0 Å². The van der Waals surface area contributed by atoms with Crippen molar-refractivity contribution in [1.82, 2.24) is 9.97 Å². The maximum atomic E-state index is 13.1. The summed E-state index contributed by atoms with van der Waals surface area (Å²) in [4.78, 5) is 33.1. The first-order chi connectivity index (χ1) is 17.4. The number of aryl methyl sites for hydroxylation is 1. The molecule has 0 saturated carbocycles. The third kappa shape index (κ3) is 5.52. The molecular weight excluding hydrogens is 464 g/mol. The minimum absolute atomic E-state index is 0.102. The second-order valence-electron chi connectivity index (χ2n) is 7.85. The Labute approximate surface area is 207 Å². The molecule has 2 aromatic carbocycles. The van der Waals surface area contributed by atoms with E-state index in [9.17, 15) is 14.7 Å². The summed E-state index contributed by atoms with van der Waals surface area (Å²) in [5, 5.41) is 9.18. The number of pyridine rings is 1. The number of oxazole rings is 1. The minimum atomic E-state index is -1.15. The molecule has 4 aromatic rings. The smallest absolute Gasteiger partial charge is 0.344 e. The van der Waals surface area contributed by atoms with Crippen LogP contribution in [0.4, 0.5) is 0 Å². The average Bonchev–Trinajstić information content (AvgIpc) is 3.28. The van der Waals surface area contributed by atoms with Crippen molar-refractivity contribution in [3.8, 4) is 28.8 Å². The number of carbonyl (C=O) groups excluding carboxylic acids is 1. The Balaban J connectivity index is 1.47. The number of nitrogens with zero attached hydrogens (tertiary/aromatic N) is 2. The van der Waals surface area contributed by atoms with Crippen molar-refractivity contribution in [2.45, 2.75) is 26.6 Å². The zero-order valence-electron chi connectivity index (χ0n) is 19.9. The Hall–Kier alpha value is -4.66. The van der Waals surface area contributed by atoms with Gasteiger partial charge in [0.25, 0.3) is 0 Å². The average molecular weight is 488 g/mol. The summed E-state index contributed by atoms with van der Waals surface area (Å²) in [6.45, 7) is 3.34. The third-order valence-corrected chi connectivity index (χ3v) is 5.35. The van der Waals surface area contributed by atoms with E-state index in [0.717, 1.165) is 5.56 Å². The van der Waals surface area contributed by atoms with Crippen LogP contribution in [-0.2, 0) is 11.4 Å². The second kappa shape index (κ2) is 10.7. The van der Waals surface area contributed by atoms with Gasteiger partial charge in [-0.25, -0.2) is 14.8 Å². The number of hydrogen-bond acceptors (Lipinski definition) is 8. The van der Waals surface area contributed by atoms with Gasteiger partial charge in [-0.3, -0.25) is 4.79 Å². The van der Waals surface area contributed by atoms with Crippen molar-refractivity contribution in [2.75, 3.05) is 7.11 Å². The number of aromatic nitrogens is 2. The second-order valence-corrected chi connectivity index (χ2v) is 7.85. The fourth-order valence-corrected chi connectivity index (χ4v) is 3.32.